The van der Waals surface area contributed by atoms with Crippen LogP contribution in [0.25, 0.3) is 12.2 Å². The summed E-state index contributed by atoms with van der Waals surface area (Å²) < 4.78 is 16.5. The van der Waals surface area contributed by atoms with Gasteiger partial charge in [0.1, 0.15) is 5.75 Å². The van der Waals surface area contributed by atoms with E-state index in [-0.39, 0.29) is 6.61 Å². The molecule has 0 unspecified atom stereocenters. The van der Waals surface area contributed by atoms with Gasteiger partial charge >= 0.3 is 5.97 Å². The van der Waals surface area contributed by atoms with Crippen molar-refractivity contribution in [3.63, 3.8) is 0 Å². The highest BCUT2D eigenvalue weighted by Gasteiger charge is 2.12. The van der Waals surface area contributed by atoms with Gasteiger partial charge in [0.2, 0.25) is 0 Å². The molecule has 5 heteroatoms. The number of hydrogen-bond donors (Lipinski definition) is 0. The lowest BCUT2D eigenvalue weighted by Gasteiger charge is -2.12. The minimum Gasteiger partial charge on any atom is -0.490 e. The third kappa shape index (κ3) is 6.21. The normalized spacial score (nSPS) is 10.7. The molecule has 0 saturated heterocycles. The summed E-state index contributed by atoms with van der Waals surface area (Å²) in [5.74, 6) is 0.981. The molecule has 3 rings (SSSR count). The maximum atomic E-state index is 12.2. The lowest BCUT2D eigenvalue weighted by Crippen LogP contribution is -2.18. The van der Waals surface area contributed by atoms with Gasteiger partial charge in [0.15, 0.2) is 18.1 Å². The van der Waals surface area contributed by atoms with Gasteiger partial charge in [-0.1, -0.05) is 35.9 Å². The first-order chi connectivity index (χ1) is 14.1. The van der Waals surface area contributed by atoms with Crippen LogP contribution >= 0.6 is 0 Å². The van der Waals surface area contributed by atoms with Crippen LogP contribution in [0.2, 0.25) is 0 Å². The molecule has 1 aromatic heterocycles. The Kier molecular flexibility index (Phi) is 7.00. The summed E-state index contributed by atoms with van der Waals surface area (Å²) in [6, 6.07) is 18.6. The Labute approximate surface area is 170 Å². The number of nitrogens with zero attached hydrogens (tertiary/aromatic N) is 1. The third-order valence-corrected chi connectivity index (χ3v) is 4.00. The van der Waals surface area contributed by atoms with Gasteiger partial charge in [-0.3, -0.25) is 4.98 Å². The van der Waals surface area contributed by atoms with Crippen molar-refractivity contribution in [1.82, 2.24) is 4.98 Å². The maximum Gasteiger partial charge on any atom is 0.349 e. The van der Waals surface area contributed by atoms with Crippen LogP contribution in [0, 0.1) is 6.92 Å². The average molecular weight is 389 g/mol. The summed E-state index contributed by atoms with van der Waals surface area (Å²) in [5, 5.41) is 0. The molecule has 0 fully saturated rings. The van der Waals surface area contributed by atoms with Crippen LogP contribution in [0.4, 0.5) is 0 Å². The third-order valence-electron chi connectivity index (χ3n) is 4.00. The quantitative estimate of drug-likeness (QED) is 0.403. The molecule has 0 atom stereocenters. The van der Waals surface area contributed by atoms with Gasteiger partial charge in [0, 0.05) is 6.20 Å². The molecule has 1 heterocycles. The second-order valence-electron chi connectivity index (χ2n) is 6.30. The van der Waals surface area contributed by atoms with Crippen LogP contribution < -0.4 is 14.2 Å². The maximum absolute atomic E-state index is 12.2. The first-order valence-corrected chi connectivity index (χ1v) is 9.40. The van der Waals surface area contributed by atoms with Crippen LogP contribution in [0.1, 0.15) is 23.7 Å². The minimum absolute atomic E-state index is 0.185. The molecular formula is C24H23NO4. The zero-order valence-corrected chi connectivity index (χ0v) is 16.5. The Morgan fingerprint density at radius 1 is 0.966 bits per heavy atom. The average Bonchev–Trinajstić information content (AvgIpc) is 2.74. The number of benzene rings is 2. The predicted octanol–water partition coefficient (Wildman–Crippen LogP) is 4.94. The van der Waals surface area contributed by atoms with Crippen molar-refractivity contribution in [2.24, 2.45) is 0 Å². The van der Waals surface area contributed by atoms with E-state index < -0.39 is 5.97 Å². The number of hydrogen-bond acceptors (Lipinski definition) is 5. The van der Waals surface area contributed by atoms with E-state index in [1.807, 2.05) is 80.6 Å². The molecule has 0 bridgehead atoms. The van der Waals surface area contributed by atoms with Crippen LogP contribution in [-0.2, 0) is 4.79 Å². The number of carbonyl (C=O) groups excluding carboxylic acids is 1. The molecule has 0 aliphatic rings. The Bertz CT molecular complexity index is 966. The minimum atomic E-state index is -0.497. The van der Waals surface area contributed by atoms with E-state index >= 15 is 0 Å². The van der Waals surface area contributed by atoms with Gasteiger partial charge in [-0.15, -0.1) is 0 Å². The van der Waals surface area contributed by atoms with Gasteiger partial charge in [-0.25, -0.2) is 4.79 Å². The summed E-state index contributed by atoms with van der Waals surface area (Å²) in [6.45, 7) is 4.14. The molecule has 29 heavy (non-hydrogen) atoms. The Balaban J connectivity index is 1.65. The summed E-state index contributed by atoms with van der Waals surface area (Å²) in [6.07, 6.45) is 5.58. The zero-order chi connectivity index (χ0) is 20.5. The van der Waals surface area contributed by atoms with E-state index in [1.54, 1.807) is 12.3 Å². The molecule has 0 amide bonds. The molecule has 0 aliphatic heterocycles. The van der Waals surface area contributed by atoms with Gasteiger partial charge in [0.25, 0.3) is 0 Å². The van der Waals surface area contributed by atoms with Crippen molar-refractivity contribution >= 4 is 18.1 Å². The highest BCUT2D eigenvalue weighted by atomic mass is 16.6. The predicted molar refractivity (Wildman–Crippen MR) is 113 cm³/mol. The van der Waals surface area contributed by atoms with Crippen LogP contribution in [0.15, 0.2) is 66.9 Å². The molecule has 5 nitrogen and oxygen atoms in total. The largest absolute Gasteiger partial charge is 0.490 e. The first-order valence-electron chi connectivity index (χ1n) is 9.40. The number of esters is 1. The highest BCUT2D eigenvalue weighted by molar-refractivity contribution is 5.76. The topological polar surface area (TPSA) is 57.7 Å². The molecule has 3 aromatic rings. The van der Waals surface area contributed by atoms with E-state index in [1.165, 1.54) is 0 Å². The molecule has 0 aliphatic carbocycles. The van der Waals surface area contributed by atoms with E-state index in [4.69, 9.17) is 14.2 Å². The van der Waals surface area contributed by atoms with Crippen LogP contribution in [-0.4, -0.2) is 24.2 Å². The molecule has 0 radical (unpaired) electrons. The van der Waals surface area contributed by atoms with Crippen LogP contribution in [0.5, 0.6) is 17.2 Å². The number of carbonyl (C=O) groups is 1. The smallest absolute Gasteiger partial charge is 0.349 e. The van der Waals surface area contributed by atoms with Crippen molar-refractivity contribution < 1.29 is 19.0 Å². The second kappa shape index (κ2) is 10.1. The van der Waals surface area contributed by atoms with Crippen molar-refractivity contribution in [3.05, 3.63) is 83.7 Å². The molecule has 148 valence electrons. The Hall–Kier alpha value is -3.60. The second-order valence-corrected chi connectivity index (χ2v) is 6.30. The van der Waals surface area contributed by atoms with Crippen molar-refractivity contribution in [2.45, 2.75) is 13.8 Å². The van der Waals surface area contributed by atoms with Gasteiger partial charge < -0.3 is 14.2 Å². The number of pyridine rings is 1. The fourth-order valence-electron chi connectivity index (χ4n) is 2.57. The first kappa shape index (κ1) is 20.1. The molecular weight excluding hydrogens is 366 g/mol. The Morgan fingerprint density at radius 2 is 1.79 bits per heavy atom. The fraction of sp³-hybridized carbons (Fsp3) is 0.167. The highest BCUT2D eigenvalue weighted by Crippen LogP contribution is 2.29. The number of ether oxygens (including phenoxy) is 3. The fourth-order valence-corrected chi connectivity index (χ4v) is 2.57. The molecule has 0 spiro atoms. The van der Waals surface area contributed by atoms with Crippen LogP contribution in [0.3, 0.4) is 0 Å². The summed E-state index contributed by atoms with van der Waals surface area (Å²) in [4.78, 5) is 16.4. The van der Waals surface area contributed by atoms with Gasteiger partial charge in [-0.2, -0.15) is 0 Å². The zero-order valence-electron chi connectivity index (χ0n) is 16.5. The van der Waals surface area contributed by atoms with Gasteiger partial charge in [-0.05, 0) is 61.9 Å². The lowest BCUT2D eigenvalue weighted by molar-refractivity contribution is -0.136. The summed E-state index contributed by atoms with van der Waals surface area (Å²) in [7, 11) is 0. The van der Waals surface area contributed by atoms with Crippen molar-refractivity contribution in [2.75, 3.05) is 13.2 Å². The number of rotatable bonds is 8. The van der Waals surface area contributed by atoms with Crippen molar-refractivity contribution in [1.29, 1.82) is 0 Å². The van der Waals surface area contributed by atoms with E-state index in [9.17, 15) is 4.79 Å². The lowest BCUT2D eigenvalue weighted by atomic mass is 10.1. The SMILES string of the molecule is CCOc1cc(/C=C/c2ccccn2)ccc1OC(=O)COc1ccc(C)cc1. The van der Waals surface area contributed by atoms with Gasteiger partial charge in [0.05, 0.1) is 12.3 Å². The molecule has 0 N–H and O–H groups in total. The summed E-state index contributed by atoms with van der Waals surface area (Å²) in [5.41, 5.74) is 2.89. The monoisotopic (exact) mass is 389 g/mol. The Morgan fingerprint density at radius 3 is 2.52 bits per heavy atom. The number of aromatic nitrogens is 1. The summed E-state index contributed by atoms with van der Waals surface area (Å²) >= 11 is 0. The van der Waals surface area contributed by atoms with E-state index in [0.29, 0.717) is 23.9 Å². The molecule has 2 aromatic carbocycles. The van der Waals surface area contributed by atoms with Crippen molar-refractivity contribution in [3.8, 4) is 17.2 Å². The number of aryl methyl sites for hydroxylation is 1. The van der Waals surface area contributed by atoms with E-state index in [0.717, 1.165) is 16.8 Å². The standard InChI is InChI=1S/C24H23NO4/c1-3-27-23-16-19(9-11-20-6-4-5-15-25-20)10-14-22(23)29-24(26)17-28-21-12-7-18(2)8-13-21/h4-16H,3,17H2,1-2H3/b11-9+. The van der Waals surface area contributed by atoms with E-state index in [2.05, 4.69) is 4.98 Å². The molecule has 0 saturated carbocycles.